The van der Waals surface area contributed by atoms with Crippen LogP contribution in [0.2, 0.25) is 0 Å². The summed E-state index contributed by atoms with van der Waals surface area (Å²) in [6, 6.07) is 6.87. The van der Waals surface area contributed by atoms with E-state index >= 15 is 0 Å². The molecule has 138 valence electrons. The van der Waals surface area contributed by atoms with Gasteiger partial charge in [-0.05, 0) is 25.3 Å². The van der Waals surface area contributed by atoms with E-state index in [9.17, 15) is 9.59 Å². The molecule has 1 N–H and O–H groups in total. The van der Waals surface area contributed by atoms with Crippen molar-refractivity contribution < 1.29 is 19.1 Å². The van der Waals surface area contributed by atoms with Crippen molar-refractivity contribution in [1.82, 2.24) is 9.97 Å². The Morgan fingerprint density at radius 2 is 2.08 bits per heavy atom. The van der Waals surface area contributed by atoms with Gasteiger partial charge in [0, 0.05) is 18.0 Å². The molecule has 0 unspecified atom stereocenters. The smallest absolute Gasteiger partial charge is 0.343 e. The average molecular weight is 375 g/mol. The number of anilines is 2. The number of nitrogens with one attached hydrogen (secondary N) is 1. The minimum Gasteiger partial charge on any atom is -0.462 e. The van der Waals surface area contributed by atoms with Gasteiger partial charge in [0.15, 0.2) is 5.16 Å². The van der Waals surface area contributed by atoms with Crippen LogP contribution in [0.4, 0.5) is 11.5 Å². The lowest BCUT2D eigenvalue weighted by atomic mass is 10.2. The third kappa shape index (κ3) is 5.19. The quantitative estimate of drug-likeness (QED) is 0.339. The molecule has 0 aliphatic rings. The van der Waals surface area contributed by atoms with Crippen molar-refractivity contribution in [3.05, 3.63) is 36.0 Å². The van der Waals surface area contributed by atoms with Crippen LogP contribution >= 0.6 is 11.8 Å². The summed E-state index contributed by atoms with van der Waals surface area (Å²) in [4.78, 5) is 32.3. The van der Waals surface area contributed by atoms with Crippen molar-refractivity contribution in [1.29, 1.82) is 0 Å². The number of thioether (sulfide) groups is 1. The summed E-state index contributed by atoms with van der Waals surface area (Å²) in [5, 5.41) is 3.59. The molecule has 2 rings (SSSR count). The van der Waals surface area contributed by atoms with E-state index in [4.69, 9.17) is 9.47 Å². The van der Waals surface area contributed by atoms with Gasteiger partial charge in [0.1, 0.15) is 17.1 Å². The van der Waals surface area contributed by atoms with Crippen LogP contribution in [-0.4, -0.2) is 34.8 Å². The minimum absolute atomic E-state index is 0.229. The van der Waals surface area contributed by atoms with Crippen molar-refractivity contribution in [3.63, 3.8) is 0 Å². The van der Waals surface area contributed by atoms with Crippen LogP contribution in [0.15, 0.2) is 35.6 Å². The van der Waals surface area contributed by atoms with E-state index in [1.807, 2.05) is 6.26 Å². The largest absolute Gasteiger partial charge is 0.462 e. The van der Waals surface area contributed by atoms with E-state index in [-0.39, 0.29) is 24.1 Å². The highest BCUT2D eigenvalue weighted by molar-refractivity contribution is 7.98. The fraction of sp³-hybridized carbons (Fsp3) is 0.333. The summed E-state index contributed by atoms with van der Waals surface area (Å²) < 4.78 is 10.4. The molecule has 0 radical (unpaired) electrons. The van der Waals surface area contributed by atoms with Gasteiger partial charge in [0.05, 0.1) is 12.5 Å². The maximum atomic E-state index is 12.1. The van der Waals surface area contributed by atoms with E-state index < -0.39 is 5.97 Å². The Labute approximate surface area is 156 Å². The molecule has 0 fully saturated rings. The Morgan fingerprint density at radius 3 is 2.73 bits per heavy atom. The van der Waals surface area contributed by atoms with E-state index in [0.29, 0.717) is 22.4 Å². The lowest BCUT2D eigenvalue weighted by Crippen LogP contribution is -2.14. The summed E-state index contributed by atoms with van der Waals surface area (Å²) in [6.07, 6.45) is 3.27. The Bertz CT molecular complexity index is 796. The van der Waals surface area contributed by atoms with Crippen molar-refractivity contribution in [2.24, 2.45) is 5.92 Å². The maximum absolute atomic E-state index is 12.1. The van der Waals surface area contributed by atoms with Gasteiger partial charge in [0.2, 0.25) is 0 Å². The molecule has 0 bridgehead atoms. The van der Waals surface area contributed by atoms with Gasteiger partial charge in [-0.15, -0.1) is 0 Å². The van der Waals surface area contributed by atoms with Gasteiger partial charge in [0.25, 0.3) is 0 Å². The second kappa shape index (κ2) is 9.19. The third-order valence-corrected chi connectivity index (χ3v) is 3.79. The topological polar surface area (TPSA) is 90.4 Å². The van der Waals surface area contributed by atoms with Crippen molar-refractivity contribution >= 4 is 35.2 Å². The number of aromatic nitrogens is 2. The number of hydrogen-bond acceptors (Lipinski definition) is 8. The van der Waals surface area contributed by atoms with Gasteiger partial charge in [-0.2, -0.15) is 0 Å². The zero-order chi connectivity index (χ0) is 19.1. The Balaban J connectivity index is 2.29. The molecule has 1 aromatic heterocycles. The molecule has 0 aliphatic heterocycles. The molecular weight excluding hydrogens is 354 g/mol. The zero-order valence-electron chi connectivity index (χ0n) is 15.1. The molecule has 0 spiro atoms. The Kier molecular flexibility index (Phi) is 6.97. The minimum atomic E-state index is -0.509. The fourth-order valence-electron chi connectivity index (χ4n) is 1.93. The number of ether oxygens (including phenoxy) is 2. The summed E-state index contributed by atoms with van der Waals surface area (Å²) in [7, 11) is 0. The number of carbonyl (C=O) groups excluding carboxylic acids is 2. The monoisotopic (exact) mass is 375 g/mol. The molecule has 0 aliphatic carbocycles. The predicted octanol–water partition coefficient (Wildman–Crippen LogP) is 3.68. The van der Waals surface area contributed by atoms with Crippen LogP contribution in [-0.2, 0) is 9.53 Å². The molecule has 1 aromatic carbocycles. The molecule has 26 heavy (non-hydrogen) atoms. The van der Waals surface area contributed by atoms with Gasteiger partial charge in [-0.3, -0.25) is 4.79 Å². The highest BCUT2D eigenvalue weighted by Crippen LogP contribution is 2.25. The number of hydrogen-bond donors (Lipinski definition) is 1. The van der Waals surface area contributed by atoms with Crippen LogP contribution in [0.25, 0.3) is 0 Å². The Hall–Kier alpha value is -2.61. The van der Waals surface area contributed by atoms with E-state index in [0.717, 1.165) is 0 Å². The lowest BCUT2D eigenvalue weighted by molar-refractivity contribution is -0.137. The van der Waals surface area contributed by atoms with Gasteiger partial charge in [-0.1, -0.05) is 31.7 Å². The summed E-state index contributed by atoms with van der Waals surface area (Å²) in [5.41, 5.74) is 0.851. The first-order valence-electron chi connectivity index (χ1n) is 8.11. The summed E-state index contributed by atoms with van der Waals surface area (Å²) in [6.45, 7) is 5.51. The van der Waals surface area contributed by atoms with Gasteiger partial charge in [-0.25, -0.2) is 14.8 Å². The number of rotatable bonds is 7. The molecule has 7 nitrogen and oxygen atoms in total. The van der Waals surface area contributed by atoms with E-state index in [2.05, 4.69) is 15.3 Å². The Morgan fingerprint density at radius 1 is 1.31 bits per heavy atom. The first-order chi connectivity index (χ1) is 12.4. The van der Waals surface area contributed by atoms with Gasteiger partial charge < -0.3 is 14.8 Å². The molecule has 0 atom stereocenters. The maximum Gasteiger partial charge on any atom is 0.343 e. The third-order valence-electron chi connectivity index (χ3n) is 3.23. The molecule has 0 saturated carbocycles. The highest BCUT2D eigenvalue weighted by atomic mass is 32.2. The molecule has 2 aromatic rings. The molecular formula is C18H21N3O4S. The second-order valence-corrected chi connectivity index (χ2v) is 6.34. The van der Waals surface area contributed by atoms with Crippen LogP contribution in [0.3, 0.4) is 0 Å². The van der Waals surface area contributed by atoms with E-state index in [1.165, 1.54) is 18.0 Å². The molecule has 1 heterocycles. The number of nitrogens with zero attached hydrogens (tertiary/aromatic N) is 2. The summed E-state index contributed by atoms with van der Waals surface area (Å²) in [5.74, 6) is -0.320. The van der Waals surface area contributed by atoms with Crippen molar-refractivity contribution in [3.8, 4) is 5.75 Å². The fourth-order valence-corrected chi connectivity index (χ4v) is 2.27. The number of esters is 2. The zero-order valence-corrected chi connectivity index (χ0v) is 15.9. The van der Waals surface area contributed by atoms with Crippen LogP contribution in [0.5, 0.6) is 5.75 Å². The number of carbonyl (C=O) groups is 2. The normalized spacial score (nSPS) is 10.5. The first kappa shape index (κ1) is 19.7. The summed E-state index contributed by atoms with van der Waals surface area (Å²) >= 11 is 1.36. The second-order valence-electron chi connectivity index (χ2n) is 5.57. The van der Waals surface area contributed by atoms with Gasteiger partial charge >= 0.3 is 11.9 Å². The predicted molar refractivity (Wildman–Crippen MR) is 100.0 cm³/mol. The van der Waals surface area contributed by atoms with E-state index in [1.54, 1.807) is 45.0 Å². The van der Waals surface area contributed by atoms with Crippen molar-refractivity contribution in [2.45, 2.75) is 25.9 Å². The average Bonchev–Trinajstić information content (AvgIpc) is 2.62. The number of benzene rings is 1. The highest BCUT2D eigenvalue weighted by Gasteiger charge is 2.17. The molecule has 0 saturated heterocycles. The van der Waals surface area contributed by atoms with Crippen LogP contribution in [0, 0.1) is 5.92 Å². The van der Waals surface area contributed by atoms with Crippen LogP contribution < -0.4 is 10.1 Å². The molecule has 8 heteroatoms. The van der Waals surface area contributed by atoms with Crippen molar-refractivity contribution in [2.75, 3.05) is 18.2 Å². The first-order valence-corrected chi connectivity index (χ1v) is 9.34. The van der Waals surface area contributed by atoms with Crippen LogP contribution in [0.1, 0.15) is 31.1 Å². The SMILES string of the molecule is CCOC(=O)c1cnc(SC)nc1Nc1cccc(OC(=O)C(C)C)c1. The molecule has 0 amide bonds. The lowest BCUT2D eigenvalue weighted by Gasteiger charge is -2.12. The standard InChI is InChI=1S/C18H21N3O4S/c1-5-24-17(23)14-10-19-18(26-4)21-15(14)20-12-7-6-8-13(9-12)25-16(22)11(2)3/h6-11H,5H2,1-4H3,(H,19,20,21).